The number of aliphatic imine (C=N–C) groups is 1. The highest BCUT2D eigenvalue weighted by molar-refractivity contribution is 7.77. The van der Waals surface area contributed by atoms with E-state index in [4.69, 9.17) is 9.96 Å². The summed E-state index contributed by atoms with van der Waals surface area (Å²) in [6, 6.07) is 3.35. The summed E-state index contributed by atoms with van der Waals surface area (Å²) in [6.07, 6.45) is 0. The fourth-order valence-electron chi connectivity index (χ4n) is 0.286. The van der Waals surface area contributed by atoms with Gasteiger partial charge in [0, 0.05) is 0 Å². The number of hydrogen-bond acceptors (Lipinski definition) is 7. The van der Waals surface area contributed by atoms with Crippen molar-refractivity contribution in [2.45, 2.75) is 0 Å². The molecule has 0 aliphatic rings. The highest BCUT2D eigenvalue weighted by Gasteiger charge is 1.98. The number of rotatable bonds is 5. The van der Waals surface area contributed by atoms with Crippen LogP contribution in [0.1, 0.15) is 0 Å². The second kappa shape index (κ2) is 7.77. The lowest BCUT2D eigenvalue weighted by Gasteiger charge is -1.94. The van der Waals surface area contributed by atoms with E-state index in [1.165, 1.54) is 0 Å². The maximum Gasteiger partial charge on any atom is 0.356 e. The van der Waals surface area contributed by atoms with Crippen LogP contribution in [0.2, 0.25) is 0 Å². The molecule has 0 bridgehead atoms. The molecule has 76 valence electrons. The van der Waals surface area contributed by atoms with Gasteiger partial charge in [-0.25, -0.2) is 19.4 Å². The van der Waals surface area contributed by atoms with Crippen LogP contribution in [-0.4, -0.2) is 33.3 Å². The molecule has 0 radical (unpaired) electrons. The molecule has 9 nitrogen and oxygen atoms in total. The molecule has 0 aromatic carbocycles. The van der Waals surface area contributed by atoms with Crippen LogP contribution < -0.4 is 5.59 Å². The van der Waals surface area contributed by atoms with Crippen LogP contribution in [0.4, 0.5) is 0 Å². The summed E-state index contributed by atoms with van der Waals surface area (Å²) in [6.45, 7) is -0.380. The van der Waals surface area contributed by atoms with Gasteiger partial charge < -0.3 is 4.84 Å². The number of carbonyl (C=O) groups is 1. The van der Waals surface area contributed by atoms with E-state index in [2.05, 4.69) is 19.3 Å². The van der Waals surface area contributed by atoms with Crippen LogP contribution in [0.25, 0.3) is 0 Å². The first-order valence-corrected chi connectivity index (χ1v) is 4.02. The van der Waals surface area contributed by atoms with E-state index in [1.54, 1.807) is 17.6 Å². The maximum atomic E-state index is 10.6. The molecule has 0 spiro atoms. The zero-order chi connectivity index (χ0) is 10.8. The quantitative estimate of drug-likeness (QED) is 0.310. The Labute approximate surface area is 80.5 Å². The van der Waals surface area contributed by atoms with E-state index in [0.717, 1.165) is 0 Å². The molecule has 0 saturated carbocycles. The maximum absolute atomic E-state index is 10.6. The molecule has 10 heteroatoms. The molecule has 0 aromatic rings. The molecule has 0 amide bonds. The summed E-state index contributed by atoms with van der Waals surface area (Å²) < 4.78 is 20.7. The molecule has 14 heavy (non-hydrogen) atoms. The van der Waals surface area contributed by atoms with Crippen LogP contribution in [0.5, 0.6) is 0 Å². The normalized spacial score (nSPS) is 10.1. The molecule has 0 aliphatic heterocycles. The minimum atomic E-state index is -2.40. The van der Waals surface area contributed by atoms with Crippen molar-refractivity contribution in [3.05, 3.63) is 0 Å². The number of carbonyl (C=O) groups excluding carboxylic acids is 1. The Balaban J connectivity index is 3.74. The number of nitrogens with one attached hydrogen (secondary N) is 2. The summed E-state index contributed by atoms with van der Waals surface area (Å²) in [5.74, 6) is -0.805. The highest BCUT2D eigenvalue weighted by atomic mass is 32.2. The highest BCUT2D eigenvalue weighted by Crippen LogP contribution is 1.74. The monoisotopic (exact) mass is 219 g/mol. The van der Waals surface area contributed by atoms with Gasteiger partial charge >= 0.3 is 5.97 Å². The molecule has 0 saturated heterocycles. The molecule has 0 aliphatic carbocycles. The third kappa shape index (κ3) is 8.24. The number of hydrazone groups is 1. The second-order valence-electron chi connectivity index (χ2n) is 1.53. The lowest BCUT2D eigenvalue weighted by atomic mass is 10.7. The summed E-state index contributed by atoms with van der Waals surface area (Å²) >= 11 is -2.40. The fourth-order valence-corrected chi connectivity index (χ4v) is 0.397. The topological polar surface area (TPSA) is 137 Å². The van der Waals surface area contributed by atoms with Gasteiger partial charge in [0.05, 0.1) is 6.01 Å². The van der Waals surface area contributed by atoms with E-state index in [-0.39, 0.29) is 6.54 Å². The average molecular weight is 219 g/mol. The van der Waals surface area contributed by atoms with Crippen molar-refractivity contribution >= 4 is 29.3 Å². The van der Waals surface area contributed by atoms with Crippen molar-refractivity contribution in [3.63, 3.8) is 0 Å². The molecule has 3 N–H and O–H groups in total. The third-order valence-electron chi connectivity index (χ3n) is 0.661. The molecule has 0 heterocycles. The van der Waals surface area contributed by atoms with Crippen molar-refractivity contribution in [1.29, 1.82) is 5.41 Å². The van der Waals surface area contributed by atoms with E-state index in [9.17, 15) is 9.00 Å². The van der Waals surface area contributed by atoms with Crippen LogP contribution in [0.3, 0.4) is 0 Å². The zero-order valence-corrected chi connectivity index (χ0v) is 7.45. The van der Waals surface area contributed by atoms with Gasteiger partial charge in [0.2, 0.25) is 0 Å². The second-order valence-corrected chi connectivity index (χ2v) is 2.17. The molecule has 0 rings (SSSR count). The Morgan fingerprint density at radius 3 is 3.00 bits per heavy atom. The first-order chi connectivity index (χ1) is 6.66. The summed E-state index contributed by atoms with van der Waals surface area (Å²) in [4.78, 5) is 17.8. The van der Waals surface area contributed by atoms with Gasteiger partial charge in [-0.2, -0.15) is 0 Å². The van der Waals surface area contributed by atoms with Gasteiger partial charge in [-0.3, -0.25) is 4.55 Å². The predicted molar refractivity (Wildman–Crippen MR) is 44.9 cm³/mol. The number of hydrogen-bond donors (Lipinski definition) is 3. The zero-order valence-electron chi connectivity index (χ0n) is 6.63. The van der Waals surface area contributed by atoms with E-state index in [1.807, 2.05) is 0 Å². The Kier molecular flexibility index (Phi) is 6.74. The molecular weight excluding hydrogens is 214 g/mol. The predicted octanol–water partition coefficient (Wildman–Crippen LogP) is -0.988. The summed E-state index contributed by atoms with van der Waals surface area (Å²) in [5.41, 5.74) is 1.73. The molecular formula is C4H5N5O4S. The fraction of sp³-hybridized carbons (Fsp3) is 0.250. The summed E-state index contributed by atoms with van der Waals surface area (Å²) in [5, 5.41) is 9.32. The Hall–Kier alpha value is -1.86. The molecule has 1 unspecified atom stereocenters. The van der Waals surface area contributed by atoms with Crippen LogP contribution in [0, 0.1) is 5.41 Å². The van der Waals surface area contributed by atoms with Gasteiger partial charge in [-0.15, -0.1) is 5.59 Å². The molecule has 0 aromatic heterocycles. The van der Waals surface area contributed by atoms with Gasteiger partial charge in [0.25, 0.3) is 11.3 Å². The SMILES string of the molecule is N=C=NCC(=O)ONN=C=NS(=O)O. The standard InChI is InChI=1S/C4H5N5O4S/c5-2-6-1-4(10)13-9-7-3-8-14(11)12/h5,9H,1H2,(H,11,12). The Morgan fingerprint density at radius 2 is 2.43 bits per heavy atom. The van der Waals surface area contributed by atoms with Gasteiger partial charge in [0.1, 0.15) is 12.6 Å². The minimum Gasteiger partial charge on any atom is -0.324 e. The minimum absolute atomic E-state index is 0.380. The van der Waals surface area contributed by atoms with E-state index >= 15 is 0 Å². The van der Waals surface area contributed by atoms with Crippen molar-refractivity contribution in [2.75, 3.05) is 6.54 Å². The van der Waals surface area contributed by atoms with Crippen LogP contribution in [0.15, 0.2) is 14.5 Å². The van der Waals surface area contributed by atoms with Crippen molar-refractivity contribution in [2.24, 2.45) is 14.5 Å². The van der Waals surface area contributed by atoms with E-state index < -0.39 is 17.2 Å². The smallest absolute Gasteiger partial charge is 0.324 e. The average Bonchev–Trinajstić information content (AvgIpc) is 2.13. The summed E-state index contributed by atoms with van der Waals surface area (Å²) in [7, 11) is 0. The van der Waals surface area contributed by atoms with Crippen LogP contribution in [-0.2, 0) is 20.9 Å². The van der Waals surface area contributed by atoms with E-state index in [0.29, 0.717) is 0 Å². The van der Waals surface area contributed by atoms with Crippen molar-refractivity contribution in [1.82, 2.24) is 5.59 Å². The lowest BCUT2D eigenvalue weighted by Crippen LogP contribution is -2.16. The Morgan fingerprint density at radius 1 is 1.71 bits per heavy atom. The number of nitrogens with zero attached hydrogens (tertiary/aromatic N) is 3. The van der Waals surface area contributed by atoms with Gasteiger partial charge in [0.15, 0.2) is 0 Å². The first kappa shape index (κ1) is 12.1. The Bertz CT molecular complexity index is 327. The molecule has 1 atom stereocenters. The largest absolute Gasteiger partial charge is 0.356 e. The third-order valence-corrected chi connectivity index (χ3v) is 0.899. The van der Waals surface area contributed by atoms with Gasteiger partial charge in [-0.05, 0) is 0 Å². The van der Waals surface area contributed by atoms with Crippen LogP contribution >= 0.6 is 0 Å². The van der Waals surface area contributed by atoms with Gasteiger partial charge in [-0.1, -0.05) is 9.50 Å². The first-order valence-electron chi connectivity index (χ1n) is 2.96. The lowest BCUT2D eigenvalue weighted by molar-refractivity contribution is -0.149. The molecule has 0 fully saturated rings. The van der Waals surface area contributed by atoms with Crippen molar-refractivity contribution in [3.8, 4) is 0 Å². The van der Waals surface area contributed by atoms with Crippen molar-refractivity contribution < 1.29 is 18.4 Å².